The van der Waals surface area contributed by atoms with Gasteiger partial charge in [-0.1, -0.05) is 71.8 Å². The van der Waals surface area contributed by atoms with E-state index in [0.717, 1.165) is 6.42 Å². The van der Waals surface area contributed by atoms with E-state index in [0.29, 0.717) is 0 Å². The Bertz CT molecular complexity index is 1310. The first-order valence-corrected chi connectivity index (χ1v) is 12.0. The lowest BCUT2D eigenvalue weighted by Crippen LogP contribution is -2.24. The summed E-state index contributed by atoms with van der Waals surface area (Å²) in [6, 6.07) is 19.7. The third-order valence-electron chi connectivity index (χ3n) is 6.68. The zero-order valence-corrected chi connectivity index (χ0v) is 21.0. The predicted molar refractivity (Wildman–Crippen MR) is 145 cm³/mol. The maximum atomic E-state index is 3.78. The quantitative estimate of drug-likeness (QED) is 0.402. The number of benzene rings is 3. The first kappa shape index (κ1) is 22.3. The lowest BCUT2D eigenvalue weighted by Gasteiger charge is -2.27. The summed E-state index contributed by atoms with van der Waals surface area (Å²) in [6.45, 7) is 16.9. The molecular weight excluding hydrogens is 412 g/mol. The highest BCUT2D eigenvalue weighted by molar-refractivity contribution is 5.82. The average molecular weight is 445 g/mol. The van der Waals surface area contributed by atoms with E-state index in [1.54, 1.807) is 0 Å². The van der Waals surface area contributed by atoms with Crippen LogP contribution in [0, 0.1) is 48.2 Å². The summed E-state index contributed by atoms with van der Waals surface area (Å²) in [5, 5.41) is 0. The highest BCUT2D eigenvalue weighted by Gasteiger charge is 2.37. The maximum Gasteiger partial charge on any atom is 0.218 e. The third kappa shape index (κ3) is 3.88. The molecule has 2 nitrogen and oxygen atoms in total. The molecule has 0 aromatic heterocycles. The molecule has 0 N–H and O–H groups in total. The van der Waals surface area contributed by atoms with Crippen LogP contribution in [0.25, 0.3) is 6.08 Å². The highest BCUT2D eigenvalue weighted by atomic mass is 15.4. The Morgan fingerprint density at radius 2 is 1.24 bits per heavy atom. The second kappa shape index (κ2) is 8.68. The van der Waals surface area contributed by atoms with E-state index in [1.165, 1.54) is 67.3 Å². The van der Waals surface area contributed by atoms with Gasteiger partial charge < -0.3 is 9.80 Å². The number of allylic oxidation sites excluding steroid dienone is 3. The fraction of sp³-hybridized carbons (Fsp3) is 0.219. The van der Waals surface area contributed by atoms with Gasteiger partial charge in [-0.15, -0.1) is 0 Å². The van der Waals surface area contributed by atoms with Gasteiger partial charge in [0.2, 0.25) is 6.67 Å². The lowest BCUT2D eigenvalue weighted by atomic mass is 9.96. The van der Waals surface area contributed by atoms with Crippen molar-refractivity contribution < 1.29 is 0 Å². The fourth-order valence-electron chi connectivity index (χ4n) is 5.54. The molecule has 3 aromatic carbocycles. The van der Waals surface area contributed by atoms with E-state index in [2.05, 4.69) is 131 Å². The van der Waals surface area contributed by atoms with Gasteiger partial charge in [-0.2, -0.15) is 0 Å². The van der Waals surface area contributed by atoms with E-state index in [-0.39, 0.29) is 0 Å². The molecule has 2 radical (unpaired) electrons. The molecule has 1 aliphatic carbocycles. The van der Waals surface area contributed by atoms with Gasteiger partial charge in [0.1, 0.15) is 0 Å². The van der Waals surface area contributed by atoms with Crippen molar-refractivity contribution in [1.29, 1.82) is 0 Å². The van der Waals surface area contributed by atoms with Crippen LogP contribution >= 0.6 is 0 Å². The Labute approximate surface area is 204 Å². The van der Waals surface area contributed by atoms with Crippen molar-refractivity contribution in [2.45, 2.75) is 48.0 Å². The van der Waals surface area contributed by atoms with Gasteiger partial charge >= 0.3 is 0 Å². The van der Waals surface area contributed by atoms with Crippen LogP contribution in [0.4, 0.5) is 11.4 Å². The van der Waals surface area contributed by atoms with Crippen LogP contribution in [-0.2, 0) is 0 Å². The smallest absolute Gasteiger partial charge is 0.218 e. The summed E-state index contributed by atoms with van der Waals surface area (Å²) in [5.41, 5.74) is 15.0. The summed E-state index contributed by atoms with van der Waals surface area (Å²) >= 11 is 0. The van der Waals surface area contributed by atoms with E-state index in [9.17, 15) is 0 Å². The van der Waals surface area contributed by atoms with Crippen LogP contribution in [0.3, 0.4) is 0 Å². The normalized spacial score (nSPS) is 16.6. The first-order valence-electron chi connectivity index (χ1n) is 12.0. The molecule has 0 spiro atoms. The minimum absolute atomic E-state index is 0.898. The topological polar surface area (TPSA) is 6.48 Å². The molecule has 34 heavy (non-hydrogen) atoms. The van der Waals surface area contributed by atoms with E-state index < -0.39 is 0 Å². The third-order valence-corrected chi connectivity index (χ3v) is 6.68. The highest BCUT2D eigenvalue weighted by Crippen LogP contribution is 2.46. The minimum atomic E-state index is 0.898. The summed E-state index contributed by atoms with van der Waals surface area (Å²) in [4.78, 5) is 4.57. The fourth-order valence-corrected chi connectivity index (χ4v) is 5.54. The standard InChI is InChI=1S/C32H32N2/c1-21-15-23(3)30(24(4)16-21)33-20-34(31-25(5)17-22(2)18-26(31)6)32-28(13-10-14-29(32)33)19-27-11-8-7-9-12-27/h7-12,14-19H,13H2,1-6H3. The van der Waals surface area contributed by atoms with Gasteiger partial charge in [-0.25, -0.2) is 0 Å². The van der Waals surface area contributed by atoms with Crippen molar-refractivity contribution in [3.05, 3.63) is 129 Å². The molecule has 0 fully saturated rings. The van der Waals surface area contributed by atoms with Crippen LogP contribution in [0.2, 0.25) is 0 Å². The number of aryl methyl sites for hydroxylation is 6. The number of hydrogen-bond donors (Lipinski definition) is 0. The van der Waals surface area contributed by atoms with Crippen molar-refractivity contribution in [2.24, 2.45) is 0 Å². The summed E-state index contributed by atoms with van der Waals surface area (Å²) in [7, 11) is 0. The average Bonchev–Trinajstić information content (AvgIpc) is 3.13. The van der Waals surface area contributed by atoms with Crippen molar-refractivity contribution in [2.75, 3.05) is 9.80 Å². The summed E-state index contributed by atoms with van der Waals surface area (Å²) < 4.78 is 0. The van der Waals surface area contributed by atoms with Crippen molar-refractivity contribution in [3.8, 4) is 0 Å². The van der Waals surface area contributed by atoms with Crippen molar-refractivity contribution in [3.63, 3.8) is 0 Å². The van der Waals surface area contributed by atoms with Crippen molar-refractivity contribution in [1.82, 2.24) is 0 Å². The Hall–Kier alpha value is -3.52. The van der Waals surface area contributed by atoms with E-state index in [1.807, 2.05) is 0 Å². The second-order valence-corrected chi connectivity index (χ2v) is 9.69. The second-order valence-electron chi connectivity index (χ2n) is 9.69. The van der Waals surface area contributed by atoms with Crippen LogP contribution in [0.5, 0.6) is 0 Å². The van der Waals surface area contributed by atoms with Gasteiger partial charge in [0.25, 0.3) is 0 Å². The largest absolute Gasteiger partial charge is 0.307 e. The van der Waals surface area contributed by atoms with Gasteiger partial charge in [0.15, 0.2) is 0 Å². The zero-order valence-electron chi connectivity index (χ0n) is 21.0. The number of hydrogen-bond acceptors (Lipinski definition) is 2. The molecular formula is C32H32N2. The molecule has 1 heterocycles. The molecule has 0 atom stereocenters. The van der Waals surface area contributed by atoms with Crippen molar-refractivity contribution >= 4 is 17.5 Å². The Morgan fingerprint density at radius 3 is 1.79 bits per heavy atom. The molecule has 2 heteroatoms. The van der Waals surface area contributed by atoms with E-state index in [4.69, 9.17) is 0 Å². The first-order chi connectivity index (χ1) is 16.3. The lowest BCUT2D eigenvalue weighted by molar-refractivity contribution is 1.04. The monoisotopic (exact) mass is 444 g/mol. The molecule has 3 aromatic rings. The minimum Gasteiger partial charge on any atom is -0.307 e. The van der Waals surface area contributed by atoms with Gasteiger partial charge in [-0.05, 0) is 93.5 Å². The van der Waals surface area contributed by atoms with Crippen LogP contribution < -0.4 is 9.80 Å². The Balaban J connectivity index is 1.73. The van der Waals surface area contributed by atoms with E-state index >= 15 is 0 Å². The number of nitrogens with zero attached hydrogens (tertiary/aromatic N) is 2. The van der Waals surface area contributed by atoms with Gasteiger partial charge in [0.05, 0.1) is 11.4 Å². The number of rotatable bonds is 3. The molecule has 0 bridgehead atoms. The SMILES string of the molecule is Cc1cc(C)c(N2[C]N(c3c(C)cc(C)cc3C)C3=C2C=CCC3=Cc2ccccc2)c(C)c1. The Kier molecular flexibility index (Phi) is 5.69. The molecule has 0 unspecified atom stereocenters. The molecule has 1 aliphatic heterocycles. The van der Waals surface area contributed by atoms with Gasteiger partial charge in [0, 0.05) is 11.4 Å². The Morgan fingerprint density at radius 1 is 0.706 bits per heavy atom. The van der Waals surface area contributed by atoms with Crippen LogP contribution in [0.15, 0.2) is 83.7 Å². The molecule has 0 saturated heterocycles. The molecule has 170 valence electrons. The summed E-state index contributed by atoms with van der Waals surface area (Å²) in [6.07, 6.45) is 7.77. The molecule has 0 saturated carbocycles. The molecule has 5 rings (SSSR count). The molecule has 0 amide bonds. The van der Waals surface area contributed by atoms with Crippen LogP contribution in [0.1, 0.15) is 45.4 Å². The van der Waals surface area contributed by atoms with Crippen LogP contribution in [-0.4, -0.2) is 0 Å². The van der Waals surface area contributed by atoms with Gasteiger partial charge in [-0.3, -0.25) is 0 Å². The maximum absolute atomic E-state index is 3.78. The zero-order chi connectivity index (χ0) is 24.0. The number of anilines is 2. The summed E-state index contributed by atoms with van der Waals surface area (Å²) in [5.74, 6) is 0. The molecule has 2 aliphatic rings. The predicted octanol–water partition coefficient (Wildman–Crippen LogP) is 8.12.